The minimum absolute atomic E-state index is 0.532. The maximum atomic E-state index is 11.7. The Kier molecular flexibility index (Phi) is 6.25. The molecule has 0 aliphatic heterocycles. The van der Waals surface area contributed by atoms with Gasteiger partial charge < -0.3 is 0 Å². The van der Waals surface area contributed by atoms with E-state index in [2.05, 4.69) is 6.92 Å². The molecule has 82 valence electrons. The first-order chi connectivity index (χ1) is 6.48. The summed E-state index contributed by atoms with van der Waals surface area (Å²) in [5.74, 6) is -1.68. The molecule has 1 nitrogen and oxygen atoms in total. The molecule has 0 saturated heterocycles. The Morgan fingerprint density at radius 2 is 1.86 bits per heavy atom. The molecule has 0 rings (SSSR count). The topological polar surface area (TPSA) is 17.1 Å². The smallest absolute Gasteiger partial charge is 0.289 e. The second-order valence-corrected chi connectivity index (χ2v) is 3.09. The monoisotopic (exact) mass is 208 g/mol. The highest BCUT2D eigenvalue weighted by atomic mass is 19.4. The fourth-order valence-electron chi connectivity index (χ4n) is 0.936. The number of unbranched alkanes of at least 4 members (excludes halogenated alkanes) is 3. The Bertz CT molecular complexity index is 194. The maximum absolute atomic E-state index is 11.7. The number of carbonyl (C=O) groups excluding carboxylic acids is 1. The van der Waals surface area contributed by atoms with E-state index in [0.29, 0.717) is 0 Å². The van der Waals surface area contributed by atoms with Crippen LogP contribution in [0.5, 0.6) is 0 Å². The van der Waals surface area contributed by atoms with Gasteiger partial charge in [-0.3, -0.25) is 4.79 Å². The van der Waals surface area contributed by atoms with Gasteiger partial charge >= 0.3 is 6.18 Å². The molecule has 0 saturated carbocycles. The molecule has 0 aromatic heterocycles. The van der Waals surface area contributed by atoms with Gasteiger partial charge in [-0.1, -0.05) is 31.9 Å². The summed E-state index contributed by atoms with van der Waals surface area (Å²) >= 11 is 0. The van der Waals surface area contributed by atoms with Gasteiger partial charge in [0.15, 0.2) is 0 Å². The van der Waals surface area contributed by atoms with Gasteiger partial charge in [-0.05, 0) is 12.8 Å². The Balaban J connectivity index is 3.57. The molecular weight excluding hydrogens is 193 g/mol. The van der Waals surface area contributed by atoms with Gasteiger partial charge in [-0.15, -0.1) is 0 Å². The number of rotatable bonds is 6. The van der Waals surface area contributed by atoms with Gasteiger partial charge in [0.1, 0.15) is 0 Å². The van der Waals surface area contributed by atoms with Crippen molar-refractivity contribution in [2.45, 2.75) is 45.2 Å². The molecule has 0 heterocycles. The van der Waals surface area contributed by atoms with Crippen molar-refractivity contribution in [3.63, 3.8) is 0 Å². The zero-order chi connectivity index (χ0) is 11.0. The van der Waals surface area contributed by atoms with Crippen LogP contribution < -0.4 is 0 Å². The van der Waals surface area contributed by atoms with Crippen LogP contribution in [0.15, 0.2) is 12.2 Å². The highest BCUT2D eigenvalue weighted by Crippen LogP contribution is 2.17. The molecule has 0 aromatic carbocycles. The molecule has 0 amide bonds. The van der Waals surface area contributed by atoms with Gasteiger partial charge in [-0.25, -0.2) is 0 Å². The summed E-state index contributed by atoms with van der Waals surface area (Å²) in [5, 5.41) is 0. The van der Waals surface area contributed by atoms with Gasteiger partial charge in [0.2, 0.25) is 5.78 Å². The zero-order valence-electron chi connectivity index (χ0n) is 8.23. The minimum atomic E-state index is -4.69. The first-order valence-corrected chi connectivity index (χ1v) is 4.73. The van der Waals surface area contributed by atoms with Crippen LogP contribution in [0.3, 0.4) is 0 Å². The van der Waals surface area contributed by atoms with Crippen LogP contribution in [0.2, 0.25) is 0 Å². The molecule has 14 heavy (non-hydrogen) atoms. The lowest BCUT2D eigenvalue weighted by atomic mass is 10.2. The van der Waals surface area contributed by atoms with Crippen LogP contribution in [-0.4, -0.2) is 12.0 Å². The molecule has 0 spiro atoms. The lowest BCUT2D eigenvalue weighted by Gasteiger charge is -2.00. The minimum Gasteiger partial charge on any atom is -0.289 e. The van der Waals surface area contributed by atoms with Crippen LogP contribution in [0.1, 0.15) is 39.0 Å². The Morgan fingerprint density at radius 1 is 1.21 bits per heavy atom. The lowest BCUT2D eigenvalue weighted by Crippen LogP contribution is -2.21. The van der Waals surface area contributed by atoms with Gasteiger partial charge in [-0.2, -0.15) is 13.2 Å². The summed E-state index contributed by atoms with van der Waals surface area (Å²) in [6.07, 6.45) is 1.58. The second-order valence-electron chi connectivity index (χ2n) is 3.09. The molecule has 0 atom stereocenters. The van der Waals surface area contributed by atoms with Crippen LogP contribution in [-0.2, 0) is 4.79 Å². The molecular formula is C10H15F3O. The number of carbonyl (C=O) groups is 1. The predicted molar refractivity (Wildman–Crippen MR) is 49.0 cm³/mol. The fraction of sp³-hybridized carbons (Fsp3) is 0.700. The van der Waals surface area contributed by atoms with Crippen LogP contribution in [0.4, 0.5) is 13.2 Å². The number of Topliss-reactive ketones (excluding diaryl/α,β-unsaturated/α-hetero) is 1. The van der Waals surface area contributed by atoms with Crippen molar-refractivity contribution in [1.82, 2.24) is 0 Å². The third-order valence-electron chi connectivity index (χ3n) is 1.76. The molecule has 0 N–H and O–H groups in total. The van der Waals surface area contributed by atoms with E-state index in [1.54, 1.807) is 6.08 Å². The van der Waals surface area contributed by atoms with E-state index in [0.717, 1.165) is 25.7 Å². The first kappa shape index (κ1) is 13.2. The van der Waals surface area contributed by atoms with Crippen molar-refractivity contribution < 1.29 is 18.0 Å². The molecule has 0 aliphatic rings. The molecule has 0 aliphatic carbocycles. The highest BCUT2D eigenvalue weighted by molar-refractivity contribution is 5.85. The van der Waals surface area contributed by atoms with E-state index in [-0.39, 0.29) is 0 Å². The van der Waals surface area contributed by atoms with Crippen LogP contribution in [0, 0.1) is 0 Å². The number of hydrogen-bond donors (Lipinski definition) is 0. The van der Waals surface area contributed by atoms with E-state index >= 15 is 0 Å². The van der Waals surface area contributed by atoms with Crippen molar-refractivity contribution in [2.75, 3.05) is 0 Å². The SMILES string of the molecule is CCCCCC=CCC(=O)C(F)(F)F. The standard InChI is InChI=1S/C10H15F3O/c1-2-3-4-5-6-7-8-9(14)10(11,12)13/h6-7H,2-5,8H2,1H3. The van der Waals surface area contributed by atoms with Gasteiger partial charge in [0, 0.05) is 6.42 Å². The first-order valence-electron chi connectivity index (χ1n) is 4.73. The Labute approximate surface area is 82.0 Å². The summed E-state index contributed by atoms with van der Waals surface area (Å²) in [5.41, 5.74) is 0. The second kappa shape index (κ2) is 6.62. The largest absolute Gasteiger partial charge is 0.450 e. The average molecular weight is 208 g/mol. The van der Waals surface area contributed by atoms with Crippen molar-refractivity contribution in [2.24, 2.45) is 0 Å². The van der Waals surface area contributed by atoms with Crippen molar-refractivity contribution >= 4 is 5.78 Å². The van der Waals surface area contributed by atoms with E-state index in [4.69, 9.17) is 0 Å². The quantitative estimate of drug-likeness (QED) is 0.481. The summed E-state index contributed by atoms with van der Waals surface area (Å²) in [6, 6.07) is 0. The van der Waals surface area contributed by atoms with E-state index in [9.17, 15) is 18.0 Å². The molecule has 0 radical (unpaired) electrons. The highest BCUT2D eigenvalue weighted by Gasteiger charge is 2.36. The normalized spacial score (nSPS) is 12.3. The third kappa shape index (κ3) is 6.69. The van der Waals surface area contributed by atoms with Gasteiger partial charge in [0.25, 0.3) is 0 Å². The average Bonchev–Trinajstić information content (AvgIpc) is 2.09. The number of hydrogen-bond acceptors (Lipinski definition) is 1. The molecule has 4 heteroatoms. The van der Waals surface area contributed by atoms with Crippen LogP contribution in [0.25, 0.3) is 0 Å². The maximum Gasteiger partial charge on any atom is 0.450 e. The van der Waals surface area contributed by atoms with Crippen molar-refractivity contribution in [1.29, 1.82) is 0 Å². The summed E-state index contributed by atoms with van der Waals surface area (Å²) in [7, 11) is 0. The summed E-state index contributed by atoms with van der Waals surface area (Å²) in [4.78, 5) is 10.4. The Hall–Kier alpha value is -0.800. The van der Waals surface area contributed by atoms with E-state index < -0.39 is 18.4 Å². The van der Waals surface area contributed by atoms with Gasteiger partial charge in [0.05, 0.1) is 0 Å². The number of halogens is 3. The summed E-state index contributed by atoms with van der Waals surface area (Å²) < 4.78 is 35.1. The third-order valence-corrected chi connectivity index (χ3v) is 1.76. The van der Waals surface area contributed by atoms with E-state index in [1.165, 1.54) is 6.08 Å². The van der Waals surface area contributed by atoms with Crippen molar-refractivity contribution in [3.8, 4) is 0 Å². The zero-order valence-corrected chi connectivity index (χ0v) is 8.23. The summed E-state index contributed by atoms with van der Waals surface area (Å²) in [6.45, 7) is 2.05. The lowest BCUT2D eigenvalue weighted by molar-refractivity contribution is -0.170. The molecule has 0 bridgehead atoms. The fourth-order valence-corrected chi connectivity index (χ4v) is 0.936. The van der Waals surface area contributed by atoms with Crippen molar-refractivity contribution in [3.05, 3.63) is 12.2 Å². The number of alkyl halides is 3. The number of allylic oxidation sites excluding steroid dienone is 2. The molecule has 0 unspecified atom stereocenters. The molecule has 0 fully saturated rings. The van der Waals surface area contributed by atoms with E-state index in [1.807, 2.05) is 0 Å². The van der Waals surface area contributed by atoms with Crippen LogP contribution >= 0.6 is 0 Å². The Morgan fingerprint density at radius 3 is 2.36 bits per heavy atom. The molecule has 0 aromatic rings. The predicted octanol–water partition coefficient (Wildman–Crippen LogP) is 3.64. The number of ketones is 1.